The molecule has 0 saturated carbocycles. The fraction of sp³-hybridized carbons (Fsp3) is 1.00. The number of hydrogen-bond acceptors (Lipinski definition) is 3. The van der Waals surface area contributed by atoms with E-state index in [9.17, 15) is 18.1 Å². The van der Waals surface area contributed by atoms with Crippen molar-refractivity contribution in [3.8, 4) is 0 Å². The molecule has 2 unspecified atom stereocenters. The number of rotatable bonds is 18. The van der Waals surface area contributed by atoms with E-state index < -0.39 is 15.4 Å². The minimum absolute atomic E-state index is 0.226. The Morgan fingerprint density at radius 1 is 0.680 bits per heavy atom. The van der Waals surface area contributed by atoms with Crippen molar-refractivity contribution in [2.45, 2.75) is 128 Å². The molecule has 152 valence electrons. The van der Waals surface area contributed by atoms with Gasteiger partial charge < -0.3 is 5.11 Å². The SMILES string of the molecule is CCCCCCCCCCC(CCCCCCCC(C)O)S(=O)(=O)O. The molecule has 0 heterocycles. The Bertz CT molecular complexity index is 379. The van der Waals surface area contributed by atoms with Crippen LogP contribution >= 0.6 is 0 Å². The van der Waals surface area contributed by atoms with Gasteiger partial charge in [-0.1, -0.05) is 90.4 Å². The molecule has 0 aromatic carbocycles. The number of aliphatic hydroxyl groups is 1. The van der Waals surface area contributed by atoms with Crippen LogP contribution in [0.4, 0.5) is 0 Å². The minimum Gasteiger partial charge on any atom is -0.393 e. The molecule has 0 fully saturated rings. The molecular weight excluding hydrogens is 336 g/mol. The van der Waals surface area contributed by atoms with Gasteiger partial charge in [0.1, 0.15) is 0 Å². The van der Waals surface area contributed by atoms with E-state index in [1.54, 1.807) is 0 Å². The molecule has 0 aliphatic heterocycles. The van der Waals surface area contributed by atoms with Crippen LogP contribution in [0.2, 0.25) is 0 Å². The lowest BCUT2D eigenvalue weighted by atomic mass is 10.0. The molecule has 0 radical (unpaired) electrons. The summed E-state index contributed by atoms with van der Waals surface area (Å²) in [5.74, 6) is 0. The van der Waals surface area contributed by atoms with Gasteiger partial charge in [0.05, 0.1) is 11.4 Å². The average molecular weight is 379 g/mol. The summed E-state index contributed by atoms with van der Waals surface area (Å²) >= 11 is 0. The lowest BCUT2D eigenvalue weighted by molar-refractivity contribution is 0.180. The molecule has 25 heavy (non-hydrogen) atoms. The Morgan fingerprint density at radius 2 is 1.04 bits per heavy atom. The first kappa shape index (κ1) is 24.9. The molecule has 0 aromatic heterocycles. The second-order valence-corrected chi connectivity index (χ2v) is 9.29. The van der Waals surface area contributed by atoms with E-state index in [1.807, 2.05) is 6.92 Å². The molecule has 0 aliphatic carbocycles. The predicted octanol–water partition coefficient (Wildman–Crippen LogP) is 5.89. The summed E-state index contributed by atoms with van der Waals surface area (Å²) in [4.78, 5) is 0. The maximum Gasteiger partial charge on any atom is 0.267 e. The van der Waals surface area contributed by atoms with Gasteiger partial charge in [-0.05, 0) is 26.2 Å². The molecular formula is C20H42O4S. The summed E-state index contributed by atoms with van der Waals surface area (Å²) < 4.78 is 32.5. The Labute approximate surface area is 156 Å². The Hall–Kier alpha value is -0.130. The minimum atomic E-state index is -3.91. The molecule has 0 bridgehead atoms. The summed E-state index contributed by atoms with van der Waals surface area (Å²) in [6.07, 6.45) is 16.4. The molecule has 0 rings (SSSR count). The van der Waals surface area contributed by atoms with Gasteiger partial charge in [0, 0.05) is 0 Å². The second-order valence-electron chi connectivity index (χ2n) is 7.59. The topological polar surface area (TPSA) is 74.6 Å². The van der Waals surface area contributed by atoms with Crippen LogP contribution < -0.4 is 0 Å². The molecule has 0 aromatic rings. The average Bonchev–Trinajstić information content (AvgIpc) is 2.53. The summed E-state index contributed by atoms with van der Waals surface area (Å²) in [5.41, 5.74) is 0. The van der Waals surface area contributed by atoms with E-state index in [4.69, 9.17) is 0 Å². The van der Waals surface area contributed by atoms with Gasteiger partial charge in [0.25, 0.3) is 10.1 Å². The molecule has 0 spiro atoms. The van der Waals surface area contributed by atoms with Crippen LogP contribution in [0.1, 0.15) is 117 Å². The van der Waals surface area contributed by atoms with E-state index in [2.05, 4.69) is 6.92 Å². The first-order chi connectivity index (χ1) is 11.9. The van der Waals surface area contributed by atoms with E-state index in [1.165, 1.54) is 38.5 Å². The number of hydrogen-bond donors (Lipinski definition) is 2. The second kappa shape index (κ2) is 16.1. The molecule has 5 heteroatoms. The fourth-order valence-corrected chi connectivity index (χ4v) is 4.22. The van der Waals surface area contributed by atoms with E-state index in [0.29, 0.717) is 12.8 Å². The van der Waals surface area contributed by atoms with Gasteiger partial charge in [-0.2, -0.15) is 8.42 Å². The van der Waals surface area contributed by atoms with Crippen molar-refractivity contribution in [1.82, 2.24) is 0 Å². The van der Waals surface area contributed by atoms with Gasteiger partial charge in [-0.3, -0.25) is 4.55 Å². The first-order valence-corrected chi connectivity index (χ1v) is 12.0. The fourth-order valence-electron chi connectivity index (χ4n) is 3.29. The van der Waals surface area contributed by atoms with Gasteiger partial charge in [0.2, 0.25) is 0 Å². The molecule has 0 amide bonds. The first-order valence-electron chi connectivity index (χ1n) is 10.5. The van der Waals surface area contributed by atoms with E-state index >= 15 is 0 Å². The van der Waals surface area contributed by atoms with Gasteiger partial charge >= 0.3 is 0 Å². The Morgan fingerprint density at radius 3 is 1.40 bits per heavy atom. The summed E-state index contributed by atoms with van der Waals surface area (Å²) in [7, 11) is -3.91. The van der Waals surface area contributed by atoms with Crippen LogP contribution in [-0.2, 0) is 10.1 Å². The lowest BCUT2D eigenvalue weighted by Gasteiger charge is -2.13. The van der Waals surface area contributed by atoms with E-state index in [0.717, 1.165) is 51.4 Å². The van der Waals surface area contributed by atoms with Crippen molar-refractivity contribution in [2.75, 3.05) is 0 Å². The van der Waals surface area contributed by atoms with Crippen molar-refractivity contribution in [2.24, 2.45) is 0 Å². The van der Waals surface area contributed by atoms with Crippen LogP contribution in [0, 0.1) is 0 Å². The van der Waals surface area contributed by atoms with Gasteiger partial charge in [-0.15, -0.1) is 0 Å². The highest BCUT2D eigenvalue weighted by atomic mass is 32.2. The van der Waals surface area contributed by atoms with Crippen LogP contribution in [0.15, 0.2) is 0 Å². The third-order valence-corrected chi connectivity index (χ3v) is 6.26. The molecule has 4 nitrogen and oxygen atoms in total. The highest BCUT2D eigenvalue weighted by Crippen LogP contribution is 2.19. The summed E-state index contributed by atoms with van der Waals surface area (Å²) in [5, 5.41) is 8.62. The zero-order valence-electron chi connectivity index (χ0n) is 16.6. The third-order valence-electron chi connectivity index (χ3n) is 4.95. The number of unbranched alkanes of at least 4 members (excludes halogenated alkanes) is 11. The molecule has 2 atom stereocenters. The van der Waals surface area contributed by atoms with Gasteiger partial charge in [0.15, 0.2) is 0 Å². The normalized spacial score (nSPS) is 14.6. The van der Waals surface area contributed by atoms with Gasteiger partial charge in [-0.25, -0.2) is 0 Å². The summed E-state index contributed by atoms with van der Waals surface area (Å²) in [6, 6.07) is 0. The largest absolute Gasteiger partial charge is 0.393 e. The van der Waals surface area contributed by atoms with Crippen molar-refractivity contribution < 1.29 is 18.1 Å². The smallest absolute Gasteiger partial charge is 0.267 e. The van der Waals surface area contributed by atoms with E-state index in [-0.39, 0.29) is 6.10 Å². The zero-order valence-corrected chi connectivity index (χ0v) is 17.4. The van der Waals surface area contributed by atoms with Crippen LogP contribution in [0.25, 0.3) is 0 Å². The van der Waals surface area contributed by atoms with Crippen molar-refractivity contribution in [3.05, 3.63) is 0 Å². The van der Waals surface area contributed by atoms with Crippen molar-refractivity contribution in [3.63, 3.8) is 0 Å². The third kappa shape index (κ3) is 17.1. The van der Waals surface area contributed by atoms with Crippen LogP contribution in [0.5, 0.6) is 0 Å². The predicted molar refractivity (Wildman–Crippen MR) is 107 cm³/mol. The highest BCUT2D eigenvalue weighted by molar-refractivity contribution is 7.86. The molecule has 2 N–H and O–H groups in total. The summed E-state index contributed by atoms with van der Waals surface area (Å²) in [6.45, 7) is 4.02. The Kier molecular flexibility index (Phi) is 16.0. The van der Waals surface area contributed by atoms with Crippen LogP contribution in [-0.4, -0.2) is 29.4 Å². The lowest BCUT2D eigenvalue weighted by Crippen LogP contribution is -2.20. The molecule has 0 aliphatic rings. The maximum atomic E-state index is 11.5. The van der Waals surface area contributed by atoms with Crippen molar-refractivity contribution in [1.29, 1.82) is 0 Å². The quantitative estimate of drug-likeness (QED) is 0.230. The van der Waals surface area contributed by atoms with Crippen LogP contribution in [0.3, 0.4) is 0 Å². The zero-order chi connectivity index (χ0) is 19.0. The standard InChI is InChI=1S/C20H42O4S/c1-3-4-5-6-7-8-11-14-17-20(25(22,23)24)18-15-12-9-10-13-16-19(2)21/h19-21H,3-18H2,1-2H3,(H,22,23,24). The highest BCUT2D eigenvalue weighted by Gasteiger charge is 2.21. The maximum absolute atomic E-state index is 11.5. The monoisotopic (exact) mass is 378 g/mol. The number of aliphatic hydroxyl groups excluding tert-OH is 1. The van der Waals surface area contributed by atoms with Crippen molar-refractivity contribution >= 4 is 10.1 Å². The Balaban J connectivity index is 3.74. The molecule has 0 saturated heterocycles.